The molecule has 1 aliphatic rings. The molecule has 0 bridgehead atoms. The van der Waals surface area contributed by atoms with Crippen LogP contribution in [0, 0.1) is 6.92 Å². The van der Waals surface area contributed by atoms with Crippen molar-refractivity contribution in [2.75, 3.05) is 0 Å². The molecule has 4 rings (SSSR count). The van der Waals surface area contributed by atoms with Gasteiger partial charge in [0.05, 0.1) is 35.8 Å². The number of imidazole rings is 1. The van der Waals surface area contributed by atoms with E-state index in [1.165, 1.54) is 0 Å². The Morgan fingerprint density at radius 2 is 2.18 bits per heavy atom. The second-order valence-corrected chi connectivity index (χ2v) is 6.13. The van der Waals surface area contributed by atoms with Crippen LogP contribution in [0.3, 0.4) is 0 Å². The molecule has 0 aliphatic carbocycles. The number of nitrogens with zero attached hydrogens (tertiary/aromatic N) is 5. The number of aryl methyl sites for hydroxylation is 1. The normalized spacial score (nSPS) is 12.0. The SMILES string of the molecule is Cc1ncn2c1Cn1nc(CCl)nc1-c1cc(Br)ccc1-2.Cl. The van der Waals surface area contributed by atoms with Gasteiger partial charge in [0.25, 0.3) is 0 Å². The highest BCUT2D eigenvalue weighted by molar-refractivity contribution is 9.10. The van der Waals surface area contributed by atoms with Gasteiger partial charge < -0.3 is 4.57 Å². The summed E-state index contributed by atoms with van der Waals surface area (Å²) in [7, 11) is 0. The molecule has 114 valence electrons. The molecule has 2 aromatic heterocycles. The smallest absolute Gasteiger partial charge is 0.166 e. The van der Waals surface area contributed by atoms with Gasteiger partial charge in [0.1, 0.15) is 0 Å². The number of hydrogen-bond acceptors (Lipinski definition) is 3. The molecule has 3 heterocycles. The van der Waals surface area contributed by atoms with E-state index < -0.39 is 0 Å². The zero-order valence-corrected chi connectivity index (χ0v) is 14.8. The van der Waals surface area contributed by atoms with E-state index in [4.69, 9.17) is 11.6 Å². The van der Waals surface area contributed by atoms with Crippen molar-refractivity contribution in [2.45, 2.75) is 19.3 Å². The predicted molar refractivity (Wildman–Crippen MR) is 90.9 cm³/mol. The van der Waals surface area contributed by atoms with Crippen molar-refractivity contribution in [2.24, 2.45) is 0 Å². The molecular formula is C14H12BrCl2N5. The third-order valence-corrected chi connectivity index (χ3v) is 4.40. The van der Waals surface area contributed by atoms with Gasteiger partial charge in [-0.2, -0.15) is 5.10 Å². The third kappa shape index (κ3) is 2.26. The molecule has 0 saturated carbocycles. The first-order valence-electron chi connectivity index (χ1n) is 6.50. The number of aromatic nitrogens is 5. The maximum Gasteiger partial charge on any atom is 0.166 e. The van der Waals surface area contributed by atoms with E-state index in [2.05, 4.69) is 47.7 Å². The summed E-state index contributed by atoms with van der Waals surface area (Å²) in [6.45, 7) is 2.64. The number of fused-ring (bicyclic) bond motifs is 5. The Bertz CT molecular complexity index is 855. The topological polar surface area (TPSA) is 48.5 Å². The van der Waals surface area contributed by atoms with Crippen molar-refractivity contribution >= 4 is 39.9 Å². The van der Waals surface area contributed by atoms with Gasteiger partial charge in [-0.1, -0.05) is 15.9 Å². The van der Waals surface area contributed by atoms with E-state index in [0.29, 0.717) is 18.2 Å². The summed E-state index contributed by atoms with van der Waals surface area (Å²) >= 11 is 9.42. The highest BCUT2D eigenvalue weighted by Crippen LogP contribution is 2.33. The van der Waals surface area contributed by atoms with Crippen LogP contribution in [0.25, 0.3) is 17.1 Å². The Balaban J connectivity index is 0.00000144. The average Bonchev–Trinajstić information content (AvgIpc) is 3.01. The Labute approximate surface area is 146 Å². The quantitative estimate of drug-likeness (QED) is 0.457. The highest BCUT2D eigenvalue weighted by atomic mass is 79.9. The maximum atomic E-state index is 5.89. The maximum absolute atomic E-state index is 5.89. The Kier molecular flexibility index (Phi) is 4.01. The standard InChI is InChI=1S/C14H11BrClN5.ClH/c1-8-12-6-21-14(18-13(5-16)19-21)10-4-9(15)2-3-11(10)20(12)7-17-8;/h2-4,7H,5-6H2,1H3;1H. The van der Waals surface area contributed by atoms with Crippen LogP contribution in [0.4, 0.5) is 0 Å². The largest absolute Gasteiger partial charge is 0.300 e. The summed E-state index contributed by atoms with van der Waals surface area (Å²) in [5.74, 6) is 1.79. The van der Waals surface area contributed by atoms with Gasteiger partial charge in [-0.25, -0.2) is 14.6 Å². The molecule has 0 saturated heterocycles. The van der Waals surface area contributed by atoms with Gasteiger partial charge in [0.2, 0.25) is 0 Å². The fourth-order valence-corrected chi connectivity index (χ4v) is 3.13. The van der Waals surface area contributed by atoms with Crippen molar-refractivity contribution in [1.29, 1.82) is 0 Å². The number of alkyl halides is 1. The Hall–Kier alpha value is -1.37. The van der Waals surface area contributed by atoms with Gasteiger partial charge in [0.15, 0.2) is 11.6 Å². The van der Waals surface area contributed by atoms with Crippen LogP contribution in [0.2, 0.25) is 0 Å². The van der Waals surface area contributed by atoms with E-state index in [-0.39, 0.29) is 12.4 Å². The molecule has 1 aliphatic heterocycles. The average molecular weight is 401 g/mol. The minimum atomic E-state index is 0. The molecule has 0 atom stereocenters. The summed E-state index contributed by atoms with van der Waals surface area (Å²) in [6, 6.07) is 6.14. The summed E-state index contributed by atoms with van der Waals surface area (Å²) < 4.78 is 5.01. The first-order valence-corrected chi connectivity index (χ1v) is 7.83. The van der Waals surface area contributed by atoms with Gasteiger partial charge in [0, 0.05) is 10.0 Å². The van der Waals surface area contributed by atoms with Crippen LogP contribution in [-0.2, 0) is 12.4 Å². The van der Waals surface area contributed by atoms with Crippen molar-refractivity contribution in [3.8, 4) is 17.1 Å². The van der Waals surface area contributed by atoms with Crippen molar-refractivity contribution < 1.29 is 0 Å². The molecule has 0 unspecified atom stereocenters. The van der Waals surface area contributed by atoms with E-state index in [1.807, 2.05) is 24.0 Å². The number of halogens is 3. The zero-order chi connectivity index (χ0) is 14.6. The number of benzene rings is 1. The fourth-order valence-electron chi connectivity index (χ4n) is 2.66. The van der Waals surface area contributed by atoms with E-state index in [9.17, 15) is 0 Å². The lowest BCUT2D eigenvalue weighted by atomic mass is 10.1. The minimum Gasteiger partial charge on any atom is -0.300 e. The second kappa shape index (κ2) is 5.68. The molecule has 0 radical (unpaired) electrons. The molecule has 22 heavy (non-hydrogen) atoms. The monoisotopic (exact) mass is 399 g/mol. The zero-order valence-electron chi connectivity index (χ0n) is 11.6. The van der Waals surface area contributed by atoms with E-state index >= 15 is 0 Å². The van der Waals surface area contributed by atoms with E-state index in [1.54, 1.807) is 0 Å². The Morgan fingerprint density at radius 3 is 2.95 bits per heavy atom. The molecule has 1 aromatic carbocycles. The first kappa shape index (κ1) is 15.5. The summed E-state index contributed by atoms with van der Waals surface area (Å²) in [6.07, 6.45) is 1.85. The van der Waals surface area contributed by atoms with Crippen LogP contribution < -0.4 is 0 Å². The number of hydrogen-bond donors (Lipinski definition) is 0. The molecule has 0 N–H and O–H groups in total. The molecule has 5 nitrogen and oxygen atoms in total. The molecule has 0 spiro atoms. The van der Waals surface area contributed by atoms with Gasteiger partial charge in [-0.15, -0.1) is 24.0 Å². The fraction of sp³-hybridized carbons (Fsp3) is 0.214. The molecular weight excluding hydrogens is 389 g/mol. The van der Waals surface area contributed by atoms with Crippen LogP contribution in [0.5, 0.6) is 0 Å². The van der Waals surface area contributed by atoms with Crippen LogP contribution >= 0.6 is 39.9 Å². The minimum absolute atomic E-state index is 0. The lowest BCUT2D eigenvalue weighted by Crippen LogP contribution is -2.06. The Morgan fingerprint density at radius 1 is 1.36 bits per heavy atom. The summed E-state index contributed by atoms with van der Waals surface area (Å²) in [4.78, 5) is 8.99. The first-order chi connectivity index (χ1) is 10.2. The van der Waals surface area contributed by atoms with Gasteiger partial charge in [-0.3, -0.25) is 0 Å². The molecule has 0 amide bonds. The third-order valence-electron chi connectivity index (χ3n) is 3.67. The highest BCUT2D eigenvalue weighted by Gasteiger charge is 2.23. The van der Waals surface area contributed by atoms with Crippen LogP contribution in [0.15, 0.2) is 29.0 Å². The second-order valence-electron chi connectivity index (χ2n) is 4.95. The summed E-state index contributed by atoms with van der Waals surface area (Å²) in [5, 5.41) is 4.49. The lowest BCUT2D eigenvalue weighted by Gasteiger charge is -2.08. The number of rotatable bonds is 1. The van der Waals surface area contributed by atoms with Crippen molar-refractivity contribution in [1.82, 2.24) is 24.3 Å². The lowest BCUT2D eigenvalue weighted by molar-refractivity contribution is 0.666. The van der Waals surface area contributed by atoms with Crippen molar-refractivity contribution in [3.05, 3.63) is 46.2 Å². The predicted octanol–water partition coefficient (Wildman–Crippen LogP) is 3.72. The molecule has 8 heteroatoms. The van der Waals surface area contributed by atoms with Crippen LogP contribution in [0.1, 0.15) is 17.2 Å². The molecule has 0 fully saturated rings. The summed E-state index contributed by atoms with van der Waals surface area (Å²) in [5.41, 5.74) is 4.19. The van der Waals surface area contributed by atoms with Crippen LogP contribution in [-0.4, -0.2) is 24.3 Å². The van der Waals surface area contributed by atoms with Crippen molar-refractivity contribution in [3.63, 3.8) is 0 Å². The van der Waals surface area contributed by atoms with Gasteiger partial charge in [-0.05, 0) is 25.1 Å². The van der Waals surface area contributed by atoms with Gasteiger partial charge >= 0.3 is 0 Å². The van der Waals surface area contributed by atoms with E-state index in [0.717, 1.165) is 32.9 Å². The molecule has 3 aromatic rings.